The molecule has 0 atom stereocenters. The molecule has 1 heterocycles. The normalized spacial score (nSPS) is 11.5. The van der Waals surface area contributed by atoms with Crippen LogP contribution < -0.4 is 4.74 Å². The maximum Gasteiger partial charge on any atom is 0.420 e. The van der Waals surface area contributed by atoms with E-state index in [4.69, 9.17) is 9.47 Å². The lowest BCUT2D eigenvalue weighted by Gasteiger charge is -2.14. The van der Waals surface area contributed by atoms with Gasteiger partial charge in [0.2, 0.25) is 0 Å². The molecule has 136 valence electrons. The highest BCUT2D eigenvalue weighted by Crippen LogP contribution is 2.43. The molecule has 0 aliphatic heterocycles. The molecule has 0 spiro atoms. The average molecular weight is 421 g/mol. The third-order valence-corrected chi connectivity index (χ3v) is 3.92. The van der Waals surface area contributed by atoms with Crippen LogP contribution in [0.4, 0.5) is 13.2 Å². The maximum atomic E-state index is 13.7. The quantitative estimate of drug-likeness (QED) is 0.666. The van der Waals surface area contributed by atoms with Crippen LogP contribution in [0.5, 0.6) is 5.75 Å². The third-order valence-electron chi connectivity index (χ3n) is 3.42. The predicted molar refractivity (Wildman–Crippen MR) is 88.5 cm³/mol. The summed E-state index contributed by atoms with van der Waals surface area (Å²) in [6.07, 6.45) is -4.79. The molecule has 2 aromatic rings. The Hall–Kier alpha value is -2.03. The van der Waals surface area contributed by atoms with Gasteiger partial charge in [0.05, 0.1) is 19.4 Å². The minimum Gasteiger partial charge on any atom is -0.496 e. The van der Waals surface area contributed by atoms with Gasteiger partial charge in [-0.3, -0.25) is 4.68 Å². The fraction of sp³-hybridized carbons (Fsp3) is 0.375. The van der Waals surface area contributed by atoms with Gasteiger partial charge in [0, 0.05) is 16.6 Å². The van der Waals surface area contributed by atoms with Crippen LogP contribution >= 0.6 is 15.9 Å². The fourth-order valence-electron chi connectivity index (χ4n) is 2.44. The van der Waals surface area contributed by atoms with E-state index in [0.29, 0.717) is 4.47 Å². The van der Waals surface area contributed by atoms with Gasteiger partial charge in [-0.15, -0.1) is 0 Å². The van der Waals surface area contributed by atoms with Crippen molar-refractivity contribution in [1.29, 1.82) is 0 Å². The second-order valence-corrected chi connectivity index (χ2v) is 5.87. The van der Waals surface area contributed by atoms with Crippen LogP contribution in [0.2, 0.25) is 0 Å². The molecule has 0 fully saturated rings. The van der Waals surface area contributed by atoms with E-state index in [9.17, 15) is 18.0 Å². The molecule has 5 nitrogen and oxygen atoms in total. The number of aryl methyl sites for hydroxylation is 1. The molecule has 9 heteroatoms. The van der Waals surface area contributed by atoms with Crippen molar-refractivity contribution in [3.63, 3.8) is 0 Å². The van der Waals surface area contributed by atoms with Crippen molar-refractivity contribution in [2.75, 3.05) is 13.7 Å². The molecule has 0 saturated heterocycles. The van der Waals surface area contributed by atoms with E-state index < -0.39 is 23.4 Å². The smallest absolute Gasteiger partial charge is 0.420 e. The Balaban J connectivity index is 2.83. The Kier molecular flexibility index (Phi) is 5.76. The summed E-state index contributed by atoms with van der Waals surface area (Å²) < 4.78 is 53.0. The number of alkyl halides is 3. The van der Waals surface area contributed by atoms with Gasteiger partial charge in [0.25, 0.3) is 0 Å². The number of carbonyl (C=O) groups is 1. The molecule has 0 amide bonds. The number of rotatable bonds is 5. The first kappa shape index (κ1) is 19.3. The zero-order valence-corrected chi connectivity index (χ0v) is 15.4. The van der Waals surface area contributed by atoms with Gasteiger partial charge in [0.1, 0.15) is 11.3 Å². The van der Waals surface area contributed by atoms with Crippen molar-refractivity contribution in [1.82, 2.24) is 9.78 Å². The van der Waals surface area contributed by atoms with Crippen LogP contribution in [0, 0.1) is 0 Å². The number of ether oxygens (including phenoxy) is 2. The molecule has 0 bridgehead atoms. The van der Waals surface area contributed by atoms with Gasteiger partial charge in [-0.25, -0.2) is 4.79 Å². The molecule has 0 radical (unpaired) electrons. The van der Waals surface area contributed by atoms with Crippen molar-refractivity contribution in [3.8, 4) is 17.0 Å². The first-order chi connectivity index (χ1) is 11.7. The summed E-state index contributed by atoms with van der Waals surface area (Å²) in [5.74, 6) is -0.885. The Morgan fingerprint density at radius 3 is 2.52 bits per heavy atom. The maximum absolute atomic E-state index is 13.7. The van der Waals surface area contributed by atoms with E-state index >= 15 is 0 Å². The van der Waals surface area contributed by atoms with Crippen molar-refractivity contribution in [2.45, 2.75) is 26.6 Å². The Labute approximate surface area is 150 Å². The summed E-state index contributed by atoms with van der Waals surface area (Å²) in [5.41, 5.74) is -1.94. The molecule has 1 aromatic carbocycles. The van der Waals surface area contributed by atoms with E-state index in [-0.39, 0.29) is 30.2 Å². The Morgan fingerprint density at radius 2 is 2.00 bits per heavy atom. The largest absolute Gasteiger partial charge is 0.496 e. The average Bonchev–Trinajstić information content (AvgIpc) is 2.94. The van der Waals surface area contributed by atoms with Gasteiger partial charge in [-0.05, 0) is 32.0 Å². The molecule has 0 saturated carbocycles. The van der Waals surface area contributed by atoms with Crippen LogP contribution in [0.1, 0.15) is 29.9 Å². The number of halogens is 4. The SMILES string of the molecule is CCOC(=O)c1nn(CC)c(-c2ccc(Br)cc2OC)c1C(F)(F)F. The van der Waals surface area contributed by atoms with Crippen LogP contribution in [0.3, 0.4) is 0 Å². The highest BCUT2D eigenvalue weighted by atomic mass is 79.9. The number of methoxy groups -OCH3 is 1. The van der Waals surface area contributed by atoms with Crippen LogP contribution in [-0.4, -0.2) is 29.5 Å². The number of nitrogens with zero attached hydrogens (tertiary/aromatic N) is 2. The fourth-order valence-corrected chi connectivity index (χ4v) is 2.78. The summed E-state index contributed by atoms with van der Waals surface area (Å²) in [4.78, 5) is 12.0. The highest BCUT2D eigenvalue weighted by Gasteiger charge is 2.43. The van der Waals surface area contributed by atoms with Crippen molar-refractivity contribution in [2.24, 2.45) is 0 Å². The van der Waals surface area contributed by atoms with Gasteiger partial charge in [-0.2, -0.15) is 18.3 Å². The minimum absolute atomic E-state index is 0.0495. The number of esters is 1. The molecule has 1 aromatic heterocycles. The topological polar surface area (TPSA) is 53.3 Å². The molecular formula is C16H16BrF3N2O3. The van der Waals surface area contributed by atoms with E-state index in [1.807, 2.05) is 0 Å². The first-order valence-electron chi connectivity index (χ1n) is 7.43. The van der Waals surface area contributed by atoms with Gasteiger partial charge in [0.15, 0.2) is 5.69 Å². The zero-order valence-electron chi connectivity index (χ0n) is 13.8. The summed E-state index contributed by atoms with van der Waals surface area (Å²) in [6.45, 7) is 3.24. The lowest BCUT2D eigenvalue weighted by Crippen LogP contribution is -2.15. The van der Waals surface area contributed by atoms with E-state index in [1.165, 1.54) is 20.1 Å². The molecule has 0 N–H and O–H groups in total. The van der Waals surface area contributed by atoms with E-state index in [2.05, 4.69) is 21.0 Å². The molecule has 0 aliphatic rings. The van der Waals surface area contributed by atoms with Crippen molar-refractivity contribution >= 4 is 21.9 Å². The predicted octanol–water partition coefficient (Wildman–Crippen LogP) is 4.54. The Bertz CT molecular complexity index is 788. The van der Waals surface area contributed by atoms with Crippen molar-refractivity contribution < 1.29 is 27.4 Å². The second kappa shape index (κ2) is 7.47. The zero-order chi connectivity index (χ0) is 18.8. The third kappa shape index (κ3) is 3.81. The van der Waals surface area contributed by atoms with E-state index in [0.717, 1.165) is 4.68 Å². The lowest BCUT2D eigenvalue weighted by molar-refractivity contribution is -0.137. The number of aromatic nitrogens is 2. The second-order valence-electron chi connectivity index (χ2n) is 4.95. The monoisotopic (exact) mass is 420 g/mol. The summed E-state index contributed by atoms with van der Waals surface area (Å²) >= 11 is 3.25. The lowest BCUT2D eigenvalue weighted by atomic mass is 10.0. The highest BCUT2D eigenvalue weighted by molar-refractivity contribution is 9.10. The van der Waals surface area contributed by atoms with Crippen molar-refractivity contribution in [3.05, 3.63) is 33.9 Å². The summed E-state index contributed by atoms with van der Waals surface area (Å²) in [5, 5.41) is 3.84. The number of benzene rings is 1. The molecule has 0 aliphatic carbocycles. The number of hydrogen-bond donors (Lipinski definition) is 0. The summed E-state index contributed by atoms with van der Waals surface area (Å²) in [7, 11) is 1.36. The number of hydrogen-bond acceptors (Lipinski definition) is 4. The van der Waals surface area contributed by atoms with Crippen LogP contribution in [-0.2, 0) is 17.5 Å². The molecule has 2 rings (SSSR count). The molecular weight excluding hydrogens is 405 g/mol. The van der Waals surface area contributed by atoms with Crippen LogP contribution in [0.15, 0.2) is 22.7 Å². The standard InChI is InChI=1S/C16H16BrF3N2O3/c1-4-22-14(10-7-6-9(17)8-11(10)24-3)12(16(18,19)20)13(21-22)15(23)25-5-2/h6-8H,4-5H2,1-3H3. The number of carbonyl (C=O) groups excluding carboxylic acids is 1. The first-order valence-corrected chi connectivity index (χ1v) is 8.22. The minimum atomic E-state index is -4.79. The van der Waals surface area contributed by atoms with Crippen LogP contribution in [0.25, 0.3) is 11.3 Å². The van der Waals surface area contributed by atoms with Gasteiger partial charge >= 0.3 is 12.1 Å². The Morgan fingerprint density at radius 1 is 1.32 bits per heavy atom. The summed E-state index contributed by atoms with van der Waals surface area (Å²) in [6, 6.07) is 4.62. The van der Waals surface area contributed by atoms with Gasteiger partial charge in [-0.1, -0.05) is 15.9 Å². The molecule has 25 heavy (non-hydrogen) atoms. The van der Waals surface area contributed by atoms with E-state index in [1.54, 1.807) is 19.1 Å². The van der Waals surface area contributed by atoms with Gasteiger partial charge < -0.3 is 9.47 Å². The molecule has 0 unspecified atom stereocenters.